The molecule has 0 bridgehead atoms. The quantitative estimate of drug-likeness (QED) is 0.535. The average Bonchev–Trinajstić information content (AvgIpc) is 2.76. The maximum atomic E-state index is 12.7. The molecule has 3 aromatic carbocycles. The first kappa shape index (κ1) is 20.8. The van der Waals surface area contributed by atoms with Crippen molar-refractivity contribution in [2.75, 3.05) is 23.7 Å². The van der Waals surface area contributed by atoms with E-state index in [2.05, 4.69) is 59.6 Å². The molecule has 4 rings (SSSR count). The monoisotopic (exact) mass is 436 g/mol. The number of carbonyl (C=O) groups excluding carboxylic acids is 1. The van der Waals surface area contributed by atoms with Crippen molar-refractivity contribution in [3.05, 3.63) is 94.0 Å². The second-order valence-corrected chi connectivity index (χ2v) is 9.14. The molecule has 0 unspecified atom stereocenters. The van der Waals surface area contributed by atoms with E-state index in [0.29, 0.717) is 12.1 Å². The van der Waals surface area contributed by atoms with Gasteiger partial charge in [-0.15, -0.1) is 11.8 Å². The predicted octanol–water partition coefficient (Wildman–Crippen LogP) is 5.73. The molecule has 1 N–H and O–H groups in total. The van der Waals surface area contributed by atoms with Crippen molar-refractivity contribution < 1.29 is 4.79 Å². The molecule has 1 aliphatic rings. The molecule has 0 saturated heterocycles. The van der Waals surface area contributed by atoms with Crippen LogP contribution in [0.1, 0.15) is 27.0 Å². The molecule has 30 heavy (non-hydrogen) atoms. The summed E-state index contributed by atoms with van der Waals surface area (Å²) in [4.78, 5) is 16.3. The minimum absolute atomic E-state index is 0.0214. The zero-order valence-electron chi connectivity index (χ0n) is 17.0. The van der Waals surface area contributed by atoms with Crippen molar-refractivity contribution >= 4 is 35.0 Å². The van der Waals surface area contributed by atoms with Crippen molar-refractivity contribution in [1.82, 2.24) is 5.32 Å². The SMILES string of the molecule is Cc1ccc(CCNC(=O)c2ccc3c(c2)N(Cc2ccc(Cl)cc2)CCS3)cc1. The lowest BCUT2D eigenvalue weighted by Crippen LogP contribution is -2.30. The number of benzene rings is 3. The molecule has 0 aliphatic carbocycles. The van der Waals surface area contributed by atoms with Gasteiger partial charge in [-0.2, -0.15) is 0 Å². The summed E-state index contributed by atoms with van der Waals surface area (Å²) < 4.78 is 0. The van der Waals surface area contributed by atoms with E-state index in [4.69, 9.17) is 11.6 Å². The molecular formula is C25H25ClN2OS. The predicted molar refractivity (Wildman–Crippen MR) is 127 cm³/mol. The number of fused-ring (bicyclic) bond motifs is 1. The largest absolute Gasteiger partial charge is 0.365 e. The first-order valence-electron chi connectivity index (χ1n) is 10.2. The maximum Gasteiger partial charge on any atom is 0.251 e. The van der Waals surface area contributed by atoms with Gasteiger partial charge in [0.2, 0.25) is 0 Å². The van der Waals surface area contributed by atoms with Gasteiger partial charge < -0.3 is 10.2 Å². The fourth-order valence-electron chi connectivity index (χ4n) is 3.57. The Kier molecular flexibility index (Phi) is 6.66. The van der Waals surface area contributed by atoms with Crippen LogP contribution in [-0.4, -0.2) is 24.7 Å². The van der Waals surface area contributed by atoms with Gasteiger partial charge in [0.15, 0.2) is 0 Å². The number of nitrogens with zero attached hydrogens (tertiary/aromatic N) is 1. The number of aryl methyl sites for hydroxylation is 1. The van der Waals surface area contributed by atoms with Crippen molar-refractivity contribution in [3.63, 3.8) is 0 Å². The smallest absolute Gasteiger partial charge is 0.251 e. The zero-order chi connectivity index (χ0) is 20.9. The minimum atomic E-state index is -0.0214. The van der Waals surface area contributed by atoms with Crippen molar-refractivity contribution in [3.8, 4) is 0 Å². The van der Waals surface area contributed by atoms with Gasteiger partial charge in [-0.1, -0.05) is 53.6 Å². The molecular weight excluding hydrogens is 412 g/mol. The van der Waals surface area contributed by atoms with Gasteiger partial charge in [-0.3, -0.25) is 4.79 Å². The fourth-order valence-corrected chi connectivity index (χ4v) is 4.72. The lowest BCUT2D eigenvalue weighted by atomic mass is 10.1. The topological polar surface area (TPSA) is 32.3 Å². The Labute approximate surface area is 187 Å². The number of nitrogens with one attached hydrogen (secondary N) is 1. The second-order valence-electron chi connectivity index (χ2n) is 7.57. The van der Waals surface area contributed by atoms with E-state index in [1.54, 1.807) is 0 Å². The summed E-state index contributed by atoms with van der Waals surface area (Å²) in [5.74, 6) is 1.02. The molecule has 154 valence electrons. The van der Waals surface area contributed by atoms with Gasteiger partial charge in [-0.25, -0.2) is 0 Å². The van der Waals surface area contributed by atoms with E-state index in [1.807, 2.05) is 36.0 Å². The van der Waals surface area contributed by atoms with Crippen LogP contribution in [0.5, 0.6) is 0 Å². The van der Waals surface area contributed by atoms with Gasteiger partial charge in [0, 0.05) is 40.9 Å². The van der Waals surface area contributed by atoms with Crippen LogP contribution in [0, 0.1) is 6.92 Å². The van der Waals surface area contributed by atoms with Gasteiger partial charge in [0.1, 0.15) is 0 Å². The summed E-state index contributed by atoms with van der Waals surface area (Å²) in [5.41, 5.74) is 5.54. The number of carbonyl (C=O) groups is 1. The number of anilines is 1. The Bertz CT molecular complexity index is 1020. The highest BCUT2D eigenvalue weighted by atomic mass is 35.5. The molecule has 0 saturated carbocycles. The van der Waals surface area contributed by atoms with Gasteiger partial charge in [-0.05, 0) is 54.8 Å². The van der Waals surface area contributed by atoms with Crippen LogP contribution < -0.4 is 10.2 Å². The molecule has 1 heterocycles. The molecule has 3 aromatic rings. The maximum absolute atomic E-state index is 12.7. The summed E-state index contributed by atoms with van der Waals surface area (Å²) in [6.45, 7) is 4.47. The number of thioether (sulfide) groups is 1. The summed E-state index contributed by atoms with van der Waals surface area (Å²) in [7, 11) is 0. The molecule has 1 aliphatic heterocycles. The van der Waals surface area contributed by atoms with Crippen LogP contribution in [0.3, 0.4) is 0 Å². The Morgan fingerprint density at radius 3 is 2.53 bits per heavy atom. The first-order valence-corrected chi connectivity index (χ1v) is 11.5. The standard InChI is InChI=1S/C25H25ClN2OS/c1-18-2-4-19(5-3-18)12-13-27-25(29)21-8-11-24-23(16-21)28(14-15-30-24)17-20-6-9-22(26)10-7-20/h2-11,16H,12-15,17H2,1H3,(H,27,29). The molecule has 0 spiro atoms. The van der Waals surface area contributed by atoms with Crippen molar-refractivity contribution in [2.45, 2.75) is 24.8 Å². The molecule has 3 nitrogen and oxygen atoms in total. The first-order chi connectivity index (χ1) is 14.6. The van der Waals surface area contributed by atoms with Crippen LogP contribution in [0.15, 0.2) is 71.6 Å². The van der Waals surface area contributed by atoms with Crippen LogP contribution >= 0.6 is 23.4 Å². The summed E-state index contributed by atoms with van der Waals surface area (Å²) in [5, 5.41) is 3.81. The van der Waals surface area contributed by atoms with Crippen LogP contribution in [0.4, 0.5) is 5.69 Å². The lowest BCUT2D eigenvalue weighted by Gasteiger charge is -2.31. The molecule has 0 atom stereocenters. The number of amides is 1. The number of halogens is 1. The van der Waals surface area contributed by atoms with Gasteiger partial charge in [0.25, 0.3) is 5.91 Å². The number of rotatable bonds is 6. The molecule has 1 amide bonds. The Hall–Kier alpha value is -2.43. The van der Waals surface area contributed by atoms with Crippen molar-refractivity contribution in [1.29, 1.82) is 0 Å². The lowest BCUT2D eigenvalue weighted by molar-refractivity contribution is 0.0954. The van der Waals surface area contributed by atoms with Crippen LogP contribution in [0.2, 0.25) is 5.02 Å². The number of hydrogen-bond donors (Lipinski definition) is 1. The summed E-state index contributed by atoms with van der Waals surface area (Å²) in [6.07, 6.45) is 0.829. The Balaban J connectivity index is 1.42. The normalized spacial score (nSPS) is 13.1. The van der Waals surface area contributed by atoms with Gasteiger partial charge in [0.05, 0.1) is 5.69 Å². The van der Waals surface area contributed by atoms with Gasteiger partial charge >= 0.3 is 0 Å². The Morgan fingerprint density at radius 1 is 1.03 bits per heavy atom. The highest BCUT2D eigenvalue weighted by Gasteiger charge is 2.19. The van der Waals surface area contributed by atoms with E-state index in [-0.39, 0.29) is 5.91 Å². The van der Waals surface area contributed by atoms with E-state index in [9.17, 15) is 4.79 Å². The third-order valence-corrected chi connectivity index (χ3v) is 6.58. The highest BCUT2D eigenvalue weighted by molar-refractivity contribution is 7.99. The third kappa shape index (κ3) is 5.18. The fraction of sp³-hybridized carbons (Fsp3) is 0.240. The van der Waals surface area contributed by atoms with Crippen molar-refractivity contribution in [2.24, 2.45) is 0 Å². The Morgan fingerprint density at radius 2 is 1.77 bits per heavy atom. The number of hydrogen-bond acceptors (Lipinski definition) is 3. The minimum Gasteiger partial charge on any atom is -0.365 e. The van der Waals surface area contributed by atoms with Crippen LogP contribution in [-0.2, 0) is 13.0 Å². The van der Waals surface area contributed by atoms with E-state index < -0.39 is 0 Å². The molecule has 0 radical (unpaired) electrons. The third-order valence-electron chi connectivity index (χ3n) is 5.29. The average molecular weight is 437 g/mol. The molecule has 0 aromatic heterocycles. The highest BCUT2D eigenvalue weighted by Crippen LogP contribution is 2.36. The second kappa shape index (κ2) is 9.59. The van der Waals surface area contributed by atoms with E-state index >= 15 is 0 Å². The molecule has 0 fully saturated rings. The van der Waals surface area contributed by atoms with E-state index in [1.165, 1.54) is 21.6 Å². The zero-order valence-corrected chi connectivity index (χ0v) is 18.6. The van der Waals surface area contributed by atoms with Crippen LogP contribution in [0.25, 0.3) is 0 Å². The summed E-state index contributed by atoms with van der Waals surface area (Å²) >= 11 is 7.87. The van der Waals surface area contributed by atoms with E-state index in [0.717, 1.165) is 36.0 Å². The summed E-state index contributed by atoms with van der Waals surface area (Å²) in [6, 6.07) is 22.4. The molecule has 5 heteroatoms.